The van der Waals surface area contributed by atoms with Crippen molar-refractivity contribution in [2.45, 2.75) is 44.8 Å². The first-order chi connectivity index (χ1) is 9.67. The number of carbonyl (C=O) groups excluding carboxylic acids is 1. The molecule has 1 aromatic rings. The first-order valence-electron chi connectivity index (χ1n) is 7.46. The van der Waals surface area contributed by atoms with Gasteiger partial charge in [0.2, 0.25) is 5.91 Å². The minimum Gasteiger partial charge on any atom is -0.490 e. The summed E-state index contributed by atoms with van der Waals surface area (Å²) in [6, 6.07) is 5.66. The molecule has 1 amide bonds. The Morgan fingerprint density at radius 2 is 2.00 bits per heavy atom. The maximum Gasteiger partial charge on any atom is 0.246 e. The summed E-state index contributed by atoms with van der Waals surface area (Å²) in [6.45, 7) is 2.30. The van der Waals surface area contributed by atoms with E-state index in [2.05, 4.69) is 17.6 Å². The Hall–Kier alpha value is -1.55. The van der Waals surface area contributed by atoms with E-state index in [9.17, 15) is 4.79 Å². The standard InChI is InChI=1S/C16H22N2O2/c1-10-3-5-11(6-4-10)20-12-7-8-13-14(9-12)18-16(19)15(13)17-2/h7-11,15,17H,3-6H2,1-2H3,(H,18,19). The van der Waals surface area contributed by atoms with Crippen LogP contribution in [-0.2, 0) is 4.79 Å². The molecule has 0 radical (unpaired) electrons. The lowest BCUT2D eigenvalue weighted by Gasteiger charge is -2.27. The van der Waals surface area contributed by atoms with E-state index in [1.54, 1.807) is 7.05 Å². The Labute approximate surface area is 119 Å². The molecule has 0 saturated heterocycles. The molecule has 0 bridgehead atoms. The van der Waals surface area contributed by atoms with E-state index >= 15 is 0 Å². The van der Waals surface area contributed by atoms with Crippen LogP contribution >= 0.6 is 0 Å². The highest BCUT2D eigenvalue weighted by Crippen LogP contribution is 2.35. The molecule has 20 heavy (non-hydrogen) atoms. The Bertz CT molecular complexity index is 507. The molecule has 1 heterocycles. The fourth-order valence-corrected chi connectivity index (χ4v) is 3.14. The molecule has 108 valence electrons. The molecule has 1 aliphatic carbocycles. The second-order valence-electron chi connectivity index (χ2n) is 5.96. The summed E-state index contributed by atoms with van der Waals surface area (Å²) >= 11 is 0. The highest BCUT2D eigenvalue weighted by Gasteiger charge is 2.29. The average molecular weight is 274 g/mol. The van der Waals surface area contributed by atoms with Gasteiger partial charge in [-0.2, -0.15) is 0 Å². The van der Waals surface area contributed by atoms with Gasteiger partial charge < -0.3 is 15.4 Å². The van der Waals surface area contributed by atoms with Gasteiger partial charge in [0.1, 0.15) is 11.8 Å². The number of hydrogen-bond acceptors (Lipinski definition) is 3. The minimum absolute atomic E-state index is 0.00569. The zero-order chi connectivity index (χ0) is 14.1. The smallest absolute Gasteiger partial charge is 0.246 e. The third-order valence-electron chi connectivity index (χ3n) is 4.41. The number of likely N-dealkylation sites (N-methyl/N-ethyl adjacent to an activating group) is 1. The summed E-state index contributed by atoms with van der Waals surface area (Å²) in [5.74, 6) is 1.69. The quantitative estimate of drug-likeness (QED) is 0.891. The Morgan fingerprint density at radius 3 is 2.70 bits per heavy atom. The van der Waals surface area contributed by atoms with Gasteiger partial charge in [0, 0.05) is 17.3 Å². The minimum atomic E-state index is -0.241. The van der Waals surface area contributed by atoms with Crippen molar-refractivity contribution in [1.82, 2.24) is 5.32 Å². The third kappa shape index (κ3) is 2.52. The lowest BCUT2D eigenvalue weighted by molar-refractivity contribution is -0.117. The van der Waals surface area contributed by atoms with E-state index in [1.165, 1.54) is 12.8 Å². The van der Waals surface area contributed by atoms with Crippen LogP contribution in [0, 0.1) is 5.92 Å². The lowest BCUT2D eigenvalue weighted by Crippen LogP contribution is -2.23. The molecule has 1 fully saturated rings. The Balaban J connectivity index is 1.71. The molecule has 1 atom stereocenters. The number of nitrogens with one attached hydrogen (secondary N) is 2. The van der Waals surface area contributed by atoms with Gasteiger partial charge in [-0.05, 0) is 44.7 Å². The van der Waals surface area contributed by atoms with Crippen molar-refractivity contribution >= 4 is 11.6 Å². The van der Waals surface area contributed by atoms with Crippen LogP contribution in [-0.4, -0.2) is 19.1 Å². The SMILES string of the molecule is CNC1C(=O)Nc2cc(OC3CCC(C)CC3)ccc21. The van der Waals surface area contributed by atoms with Gasteiger partial charge in [0.25, 0.3) is 0 Å². The molecule has 4 heteroatoms. The van der Waals surface area contributed by atoms with Crippen LogP contribution in [0.4, 0.5) is 5.69 Å². The zero-order valence-corrected chi connectivity index (χ0v) is 12.1. The van der Waals surface area contributed by atoms with Crippen LogP contribution in [0.5, 0.6) is 5.75 Å². The number of fused-ring (bicyclic) bond motifs is 1. The number of hydrogen-bond donors (Lipinski definition) is 2. The van der Waals surface area contributed by atoms with Crippen molar-refractivity contribution in [3.63, 3.8) is 0 Å². The highest BCUT2D eigenvalue weighted by atomic mass is 16.5. The summed E-state index contributed by atoms with van der Waals surface area (Å²) in [4.78, 5) is 11.8. The van der Waals surface area contributed by atoms with Crippen molar-refractivity contribution in [2.24, 2.45) is 5.92 Å². The molecule has 1 saturated carbocycles. The molecule has 1 aromatic carbocycles. The number of rotatable bonds is 3. The predicted molar refractivity (Wildman–Crippen MR) is 78.9 cm³/mol. The van der Waals surface area contributed by atoms with Crippen molar-refractivity contribution < 1.29 is 9.53 Å². The monoisotopic (exact) mass is 274 g/mol. The Kier molecular flexibility index (Phi) is 3.66. The number of ether oxygens (including phenoxy) is 1. The van der Waals surface area contributed by atoms with Crippen LogP contribution < -0.4 is 15.4 Å². The summed E-state index contributed by atoms with van der Waals surface area (Å²) < 4.78 is 6.06. The van der Waals surface area contributed by atoms with Crippen LogP contribution in [0.15, 0.2) is 18.2 Å². The molecule has 0 aromatic heterocycles. The third-order valence-corrected chi connectivity index (χ3v) is 4.41. The number of anilines is 1. The second kappa shape index (κ2) is 5.44. The van der Waals surface area contributed by atoms with Crippen LogP contribution in [0.25, 0.3) is 0 Å². The topological polar surface area (TPSA) is 50.4 Å². The van der Waals surface area contributed by atoms with Crippen molar-refractivity contribution in [3.05, 3.63) is 23.8 Å². The van der Waals surface area contributed by atoms with Crippen LogP contribution in [0.3, 0.4) is 0 Å². The normalized spacial score (nSPS) is 28.9. The maximum absolute atomic E-state index is 11.8. The van der Waals surface area contributed by atoms with E-state index in [0.717, 1.165) is 35.8 Å². The molecule has 1 unspecified atom stereocenters. The first-order valence-corrected chi connectivity index (χ1v) is 7.46. The largest absolute Gasteiger partial charge is 0.490 e. The van der Waals surface area contributed by atoms with Crippen molar-refractivity contribution in [1.29, 1.82) is 0 Å². The fraction of sp³-hybridized carbons (Fsp3) is 0.562. The lowest BCUT2D eigenvalue weighted by atomic mass is 9.89. The van der Waals surface area contributed by atoms with E-state index in [4.69, 9.17) is 4.74 Å². The van der Waals surface area contributed by atoms with Gasteiger partial charge in [0.15, 0.2) is 0 Å². The van der Waals surface area contributed by atoms with Gasteiger partial charge in [-0.1, -0.05) is 13.0 Å². The van der Waals surface area contributed by atoms with E-state index in [1.807, 2.05) is 18.2 Å². The van der Waals surface area contributed by atoms with E-state index in [-0.39, 0.29) is 11.9 Å². The highest BCUT2D eigenvalue weighted by molar-refractivity contribution is 6.02. The molecular weight excluding hydrogens is 252 g/mol. The molecule has 2 N–H and O–H groups in total. The summed E-state index contributed by atoms with van der Waals surface area (Å²) in [5.41, 5.74) is 1.87. The zero-order valence-electron chi connectivity index (χ0n) is 12.1. The van der Waals surface area contributed by atoms with Gasteiger partial charge >= 0.3 is 0 Å². The molecule has 4 nitrogen and oxygen atoms in total. The van der Waals surface area contributed by atoms with Gasteiger partial charge in [0.05, 0.1) is 6.10 Å². The number of amides is 1. The fourth-order valence-electron chi connectivity index (χ4n) is 3.14. The first kappa shape index (κ1) is 13.4. The molecule has 3 rings (SSSR count). The second-order valence-corrected chi connectivity index (χ2v) is 5.96. The molecule has 0 spiro atoms. The van der Waals surface area contributed by atoms with Gasteiger partial charge in [-0.15, -0.1) is 0 Å². The van der Waals surface area contributed by atoms with Gasteiger partial charge in [-0.3, -0.25) is 4.79 Å². The molecule has 2 aliphatic rings. The maximum atomic E-state index is 11.8. The predicted octanol–water partition coefficient (Wildman–Crippen LogP) is 2.86. The van der Waals surface area contributed by atoms with Crippen molar-refractivity contribution in [3.8, 4) is 5.75 Å². The van der Waals surface area contributed by atoms with Gasteiger partial charge in [-0.25, -0.2) is 0 Å². The van der Waals surface area contributed by atoms with E-state index < -0.39 is 0 Å². The summed E-state index contributed by atoms with van der Waals surface area (Å²) in [6.07, 6.45) is 5.07. The van der Waals surface area contributed by atoms with Crippen LogP contribution in [0.2, 0.25) is 0 Å². The molecular formula is C16H22N2O2. The molecule has 1 aliphatic heterocycles. The van der Waals surface area contributed by atoms with E-state index in [0.29, 0.717) is 6.10 Å². The summed E-state index contributed by atoms with van der Waals surface area (Å²) in [7, 11) is 1.80. The van der Waals surface area contributed by atoms with Crippen molar-refractivity contribution in [2.75, 3.05) is 12.4 Å². The average Bonchev–Trinajstić information content (AvgIpc) is 2.76. The number of benzene rings is 1. The van der Waals surface area contributed by atoms with Crippen LogP contribution in [0.1, 0.15) is 44.2 Å². The number of carbonyl (C=O) groups is 1. The Morgan fingerprint density at radius 1 is 1.25 bits per heavy atom. The summed E-state index contributed by atoms with van der Waals surface area (Å²) in [5, 5.41) is 5.92.